The van der Waals surface area contributed by atoms with E-state index < -0.39 is 6.69 Å². The van der Waals surface area contributed by atoms with E-state index in [2.05, 4.69) is 18.2 Å². The zero-order valence-electron chi connectivity index (χ0n) is 5.37. The van der Waals surface area contributed by atoms with Crippen molar-refractivity contribution in [2.45, 2.75) is 12.5 Å². The molecule has 3 heteroatoms. The van der Waals surface area contributed by atoms with E-state index in [9.17, 15) is 0 Å². The molecule has 1 fully saturated rings. The molecule has 1 rings (SSSR count). The van der Waals surface area contributed by atoms with Gasteiger partial charge in [-0.1, -0.05) is 5.92 Å². The third-order valence-electron chi connectivity index (χ3n) is 1.35. The van der Waals surface area contributed by atoms with Crippen LogP contribution in [0.3, 0.4) is 0 Å². The molecular formula is C6H10OPS+. The van der Waals surface area contributed by atoms with Crippen LogP contribution in [0.25, 0.3) is 0 Å². The Kier molecular flexibility index (Phi) is 2.06. The van der Waals surface area contributed by atoms with Gasteiger partial charge in [-0.2, -0.15) is 0 Å². The number of thiol groups is 1. The molecule has 2 unspecified atom stereocenters. The van der Waals surface area contributed by atoms with E-state index >= 15 is 0 Å². The third-order valence-corrected chi connectivity index (χ3v) is 4.03. The lowest BCUT2D eigenvalue weighted by atomic mass is 10.3. The molecule has 9 heavy (non-hydrogen) atoms. The van der Waals surface area contributed by atoms with Crippen molar-refractivity contribution in [1.29, 1.82) is 0 Å². The highest BCUT2D eigenvalue weighted by Crippen LogP contribution is 2.66. The van der Waals surface area contributed by atoms with Crippen molar-refractivity contribution in [1.82, 2.24) is 0 Å². The Balaban J connectivity index is 2.50. The van der Waals surface area contributed by atoms with Gasteiger partial charge in [-0.25, -0.2) is 4.52 Å². The summed E-state index contributed by atoms with van der Waals surface area (Å²) < 4.78 is 5.44. The fourth-order valence-electron chi connectivity index (χ4n) is 0.850. The molecular weight excluding hydrogens is 151 g/mol. The molecule has 1 saturated heterocycles. The van der Waals surface area contributed by atoms with Crippen molar-refractivity contribution in [2.75, 3.05) is 12.8 Å². The van der Waals surface area contributed by atoms with Gasteiger partial charge in [0, 0.05) is 18.7 Å². The summed E-state index contributed by atoms with van der Waals surface area (Å²) in [6.45, 7) is 0.735. The maximum atomic E-state index is 5.44. The topological polar surface area (TPSA) is 9.23 Å². The summed E-state index contributed by atoms with van der Waals surface area (Å²) in [5, 5.41) is 0. The van der Waals surface area contributed by atoms with Crippen molar-refractivity contribution >= 4 is 18.9 Å². The second-order valence-corrected chi connectivity index (χ2v) is 7.62. The lowest BCUT2D eigenvalue weighted by Crippen LogP contribution is -1.97. The summed E-state index contributed by atoms with van der Waals surface area (Å²) in [6.07, 6.45) is 7.26. The smallest absolute Gasteiger partial charge is 0.199 e. The maximum absolute atomic E-state index is 5.44. The Morgan fingerprint density at radius 1 is 1.89 bits per heavy atom. The van der Waals surface area contributed by atoms with Gasteiger partial charge in [-0.15, -0.1) is 6.42 Å². The Bertz CT molecular complexity index is 150. The highest BCUT2D eigenvalue weighted by Gasteiger charge is 2.40. The second kappa shape index (κ2) is 2.50. The fraction of sp³-hybridized carbons (Fsp3) is 0.667. The molecule has 0 aromatic carbocycles. The second-order valence-electron chi connectivity index (χ2n) is 2.32. The number of hydrogen-bond donors (Lipinski definition) is 1. The van der Waals surface area contributed by atoms with Crippen LogP contribution in [-0.2, 0) is 4.52 Å². The molecule has 1 aliphatic rings. The van der Waals surface area contributed by atoms with Crippen LogP contribution in [0.1, 0.15) is 6.42 Å². The Morgan fingerprint density at radius 2 is 2.56 bits per heavy atom. The molecule has 0 spiro atoms. The van der Waals surface area contributed by atoms with Crippen molar-refractivity contribution in [3.8, 4) is 12.3 Å². The summed E-state index contributed by atoms with van der Waals surface area (Å²) in [6, 6.07) is 0. The van der Waals surface area contributed by atoms with Crippen molar-refractivity contribution < 1.29 is 4.52 Å². The van der Waals surface area contributed by atoms with Gasteiger partial charge in [0.15, 0.2) is 12.8 Å². The number of hydrogen-bond acceptors (Lipinski definition) is 2. The zero-order valence-corrected chi connectivity index (χ0v) is 7.16. The quantitative estimate of drug-likeness (QED) is 0.324. The van der Waals surface area contributed by atoms with Gasteiger partial charge >= 0.3 is 0 Å². The first-order chi connectivity index (χ1) is 4.14. The molecule has 0 saturated carbocycles. The summed E-state index contributed by atoms with van der Waals surface area (Å²) in [5.41, 5.74) is 0. The van der Waals surface area contributed by atoms with Crippen LogP contribution in [0.2, 0.25) is 0 Å². The lowest BCUT2D eigenvalue weighted by Gasteiger charge is -2.04. The zero-order chi connectivity index (χ0) is 6.91. The fourth-order valence-corrected chi connectivity index (χ4v) is 3.07. The summed E-state index contributed by atoms with van der Waals surface area (Å²) in [5.74, 6) is 2.58. The number of rotatable bonds is 0. The van der Waals surface area contributed by atoms with E-state index in [-0.39, 0.29) is 6.10 Å². The van der Waals surface area contributed by atoms with E-state index in [0.29, 0.717) is 0 Å². The number of terminal acetylenes is 1. The molecule has 0 bridgehead atoms. The van der Waals surface area contributed by atoms with Gasteiger partial charge in [0.1, 0.15) is 0 Å². The molecule has 1 aliphatic heterocycles. The van der Waals surface area contributed by atoms with Gasteiger partial charge in [0.05, 0.1) is 12.8 Å². The highest BCUT2D eigenvalue weighted by atomic mass is 32.7. The maximum Gasteiger partial charge on any atom is 0.199 e. The van der Waals surface area contributed by atoms with Crippen molar-refractivity contribution in [3.05, 3.63) is 0 Å². The van der Waals surface area contributed by atoms with Crippen LogP contribution in [0, 0.1) is 12.3 Å². The lowest BCUT2D eigenvalue weighted by molar-refractivity contribution is 0.316. The molecule has 0 aromatic heterocycles. The third kappa shape index (κ3) is 1.86. The van der Waals surface area contributed by atoms with E-state index in [0.717, 1.165) is 12.6 Å². The average molecular weight is 161 g/mol. The SMILES string of the molecule is C#CC1CC[P+](C)(S)O1. The molecule has 0 aromatic rings. The normalized spacial score (nSPS) is 42.6. The minimum absolute atomic E-state index is 0.0424. The van der Waals surface area contributed by atoms with Crippen LogP contribution in [0.4, 0.5) is 0 Å². The molecule has 0 N–H and O–H groups in total. The average Bonchev–Trinajstić information content (AvgIpc) is 2.10. The first kappa shape index (κ1) is 7.41. The first-order valence-electron chi connectivity index (χ1n) is 2.87. The Labute approximate surface area is 61.7 Å². The summed E-state index contributed by atoms with van der Waals surface area (Å²) in [4.78, 5) is 0. The van der Waals surface area contributed by atoms with Crippen molar-refractivity contribution in [3.63, 3.8) is 0 Å². The molecule has 1 nitrogen and oxygen atoms in total. The van der Waals surface area contributed by atoms with Crippen molar-refractivity contribution in [2.24, 2.45) is 0 Å². The minimum atomic E-state index is -1.31. The predicted molar refractivity (Wildman–Crippen MR) is 45.0 cm³/mol. The predicted octanol–water partition coefficient (Wildman–Crippen LogP) is 1.82. The minimum Gasteiger partial charge on any atom is -0.211 e. The molecule has 50 valence electrons. The summed E-state index contributed by atoms with van der Waals surface area (Å²) >= 11 is 4.36. The molecule has 0 amide bonds. The van der Waals surface area contributed by atoms with E-state index in [1.165, 1.54) is 0 Å². The monoisotopic (exact) mass is 161 g/mol. The van der Waals surface area contributed by atoms with Gasteiger partial charge < -0.3 is 0 Å². The Morgan fingerprint density at radius 3 is 2.78 bits per heavy atom. The Hall–Kier alpha value is 0.300. The standard InChI is InChI=1S/C6H10OPS/c1-3-6-4-5-8(2,9)7-6/h1,6,9H,4-5H2,2H3/q+1. The van der Waals surface area contributed by atoms with Gasteiger partial charge in [-0.3, -0.25) is 0 Å². The van der Waals surface area contributed by atoms with Crippen LogP contribution in [0.15, 0.2) is 0 Å². The molecule has 0 aliphatic carbocycles. The van der Waals surface area contributed by atoms with Crippen LogP contribution in [0.5, 0.6) is 0 Å². The molecule has 1 heterocycles. The van der Waals surface area contributed by atoms with Gasteiger partial charge in [0.2, 0.25) is 0 Å². The highest BCUT2D eigenvalue weighted by molar-refractivity contribution is 8.51. The van der Waals surface area contributed by atoms with Crippen LogP contribution >= 0.6 is 18.9 Å². The molecule has 2 atom stereocenters. The van der Waals surface area contributed by atoms with E-state index in [1.807, 2.05) is 6.66 Å². The van der Waals surface area contributed by atoms with Crippen LogP contribution < -0.4 is 0 Å². The van der Waals surface area contributed by atoms with Gasteiger partial charge in [0.25, 0.3) is 0 Å². The first-order valence-corrected chi connectivity index (χ1v) is 6.36. The summed E-state index contributed by atoms with van der Waals surface area (Å²) in [7, 11) is 0. The largest absolute Gasteiger partial charge is 0.211 e. The van der Waals surface area contributed by atoms with E-state index in [4.69, 9.17) is 10.9 Å². The van der Waals surface area contributed by atoms with Gasteiger partial charge in [-0.05, 0) is 0 Å². The molecule has 0 radical (unpaired) electrons. The van der Waals surface area contributed by atoms with Crippen LogP contribution in [-0.4, -0.2) is 18.9 Å². The van der Waals surface area contributed by atoms with E-state index in [1.54, 1.807) is 0 Å².